The summed E-state index contributed by atoms with van der Waals surface area (Å²) in [4.78, 5) is 2.76. The van der Waals surface area contributed by atoms with Gasteiger partial charge in [-0.15, -0.1) is 11.3 Å². The normalized spacial score (nSPS) is 13.8. The van der Waals surface area contributed by atoms with Gasteiger partial charge >= 0.3 is 0 Å². The van der Waals surface area contributed by atoms with Gasteiger partial charge in [-0.05, 0) is 33.2 Å². The first-order valence-corrected chi connectivity index (χ1v) is 8.00. The lowest BCUT2D eigenvalue weighted by Crippen LogP contribution is -2.37. The van der Waals surface area contributed by atoms with Crippen LogP contribution >= 0.6 is 23.6 Å². The van der Waals surface area contributed by atoms with Crippen molar-refractivity contribution in [1.29, 1.82) is 0 Å². The van der Waals surface area contributed by atoms with E-state index in [9.17, 15) is 8.42 Å². The maximum absolute atomic E-state index is 12.0. The van der Waals surface area contributed by atoms with Crippen LogP contribution in [0.25, 0.3) is 0 Å². The highest BCUT2D eigenvalue weighted by Gasteiger charge is 2.18. The van der Waals surface area contributed by atoms with Gasteiger partial charge in [0.05, 0.1) is 4.88 Å². The van der Waals surface area contributed by atoms with Crippen molar-refractivity contribution in [2.24, 2.45) is 5.73 Å². The molecule has 0 aliphatic carbocycles. The lowest BCUT2D eigenvalue weighted by atomic mass is 10.3. The Labute approximate surface area is 117 Å². The Balaban J connectivity index is 2.77. The van der Waals surface area contributed by atoms with Gasteiger partial charge < -0.3 is 10.6 Å². The molecule has 0 amide bonds. The zero-order valence-electron chi connectivity index (χ0n) is 10.5. The summed E-state index contributed by atoms with van der Waals surface area (Å²) in [5.41, 5.74) is 5.45. The second kappa shape index (κ2) is 6.07. The first-order valence-electron chi connectivity index (χ1n) is 5.30. The summed E-state index contributed by atoms with van der Waals surface area (Å²) in [5, 5.41) is 0. The molecule has 0 radical (unpaired) electrons. The van der Waals surface area contributed by atoms with E-state index in [1.54, 1.807) is 6.07 Å². The summed E-state index contributed by atoms with van der Waals surface area (Å²) >= 11 is 5.88. The number of hydrogen-bond donors (Lipinski definition) is 2. The number of thiocarbonyl (C=S) groups is 1. The maximum Gasteiger partial charge on any atom is 0.250 e. The Morgan fingerprint density at radius 3 is 2.61 bits per heavy atom. The zero-order valence-corrected chi connectivity index (χ0v) is 13.0. The maximum atomic E-state index is 12.0. The fraction of sp³-hybridized carbons (Fsp3) is 0.500. The molecule has 1 aromatic rings. The molecular weight excluding hydrogens is 290 g/mol. The lowest BCUT2D eigenvalue weighted by molar-refractivity contribution is 0.314. The third-order valence-corrected chi connectivity index (χ3v) is 5.92. The van der Waals surface area contributed by atoms with Gasteiger partial charge in [0.1, 0.15) is 9.20 Å². The SMILES string of the molecule is CC(CNS(=O)(=O)c1ccc(C(N)=S)s1)N(C)C. The van der Waals surface area contributed by atoms with Gasteiger partial charge in [-0.3, -0.25) is 0 Å². The Kier molecular flexibility index (Phi) is 5.23. The van der Waals surface area contributed by atoms with Crippen molar-refractivity contribution >= 4 is 38.6 Å². The minimum Gasteiger partial charge on any atom is -0.389 e. The number of sulfonamides is 1. The molecule has 0 spiro atoms. The molecule has 18 heavy (non-hydrogen) atoms. The van der Waals surface area contributed by atoms with Crippen LogP contribution in [0.15, 0.2) is 16.3 Å². The fourth-order valence-electron chi connectivity index (χ4n) is 1.08. The minimum atomic E-state index is -3.47. The van der Waals surface area contributed by atoms with E-state index in [0.29, 0.717) is 11.4 Å². The monoisotopic (exact) mass is 307 g/mol. The minimum absolute atomic E-state index is 0.120. The number of nitrogens with one attached hydrogen (secondary N) is 1. The molecule has 0 aromatic carbocycles. The van der Waals surface area contributed by atoms with Gasteiger partial charge in [0, 0.05) is 12.6 Å². The van der Waals surface area contributed by atoms with E-state index in [2.05, 4.69) is 4.72 Å². The summed E-state index contributed by atoms with van der Waals surface area (Å²) in [6, 6.07) is 3.26. The molecule has 0 bridgehead atoms. The van der Waals surface area contributed by atoms with E-state index in [1.807, 2.05) is 25.9 Å². The molecule has 0 aliphatic rings. The lowest BCUT2D eigenvalue weighted by Gasteiger charge is -2.19. The van der Waals surface area contributed by atoms with Crippen molar-refractivity contribution in [2.45, 2.75) is 17.2 Å². The van der Waals surface area contributed by atoms with E-state index in [1.165, 1.54) is 6.07 Å². The Morgan fingerprint density at radius 1 is 1.56 bits per heavy atom. The predicted octanol–water partition coefficient (Wildman–Crippen LogP) is 0.611. The molecule has 1 aromatic heterocycles. The molecule has 0 fully saturated rings. The molecule has 102 valence electrons. The quantitative estimate of drug-likeness (QED) is 0.753. The smallest absolute Gasteiger partial charge is 0.250 e. The largest absolute Gasteiger partial charge is 0.389 e. The zero-order chi connectivity index (χ0) is 13.9. The van der Waals surface area contributed by atoms with Crippen LogP contribution in [0.3, 0.4) is 0 Å². The predicted molar refractivity (Wildman–Crippen MR) is 78.5 cm³/mol. The fourth-order valence-corrected chi connectivity index (χ4v) is 3.60. The van der Waals surface area contributed by atoms with E-state index in [4.69, 9.17) is 18.0 Å². The van der Waals surface area contributed by atoms with Gasteiger partial charge in [-0.1, -0.05) is 12.2 Å². The molecule has 5 nitrogen and oxygen atoms in total. The summed E-state index contributed by atoms with van der Waals surface area (Å²) < 4.78 is 26.8. The molecule has 1 unspecified atom stereocenters. The third kappa shape index (κ3) is 3.99. The molecular formula is C10H17N3O2S3. The van der Waals surface area contributed by atoms with Gasteiger partial charge in [0.2, 0.25) is 10.0 Å². The molecule has 1 rings (SSSR count). The highest BCUT2D eigenvalue weighted by atomic mass is 32.2. The highest BCUT2D eigenvalue weighted by Crippen LogP contribution is 2.21. The molecule has 1 heterocycles. The molecule has 1 atom stereocenters. The van der Waals surface area contributed by atoms with Crippen LogP contribution in [0.1, 0.15) is 11.8 Å². The molecule has 0 saturated carbocycles. The van der Waals surface area contributed by atoms with Crippen molar-refractivity contribution in [3.63, 3.8) is 0 Å². The van der Waals surface area contributed by atoms with Crippen LogP contribution in [0.2, 0.25) is 0 Å². The Morgan fingerprint density at radius 2 is 2.17 bits per heavy atom. The number of nitrogens with two attached hydrogens (primary N) is 1. The first-order chi connectivity index (χ1) is 8.24. The van der Waals surface area contributed by atoms with E-state index >= 15 is 0 Å². The van der Waals surface area contributed by atoms with Crippen molar-refractivity contribution in [2.75, 3.05) is 20.6 Å². The van der Waals surface area contributed by atoms with Crippen LogP contribution < -0.4 is 10.5 Å². The molecule has 8 heteroatoms. The number of thiophene rings is 1. The van der Waals surface area contributed by atoms with Gasteiger partial charge in [0.15, 0.2) is 0 Å². The number of rotatable bonds is 6. The van der Waals surface area contributed by atoms with Crippen molar-refractivity contribution in [1.82, 2.24) is 9.62 Å². The summed E-state index contributed by atoms with van der Waals surface area (Å²) in [6.45, 7) is 2.30. The van der Waals surface area contributed by atoms with Crippen LogP contribution in [-0.4, -0.2) is 45.0 Å². The molecule has 0 aliphatic heterocycles. The topological polar surface area (TPSA) is 75.4 Å². The van der Waals surface area contributed by atoms with E-state index < -0.39 is 10.0 Å². The third-order valence-electron chi connectivity index (χ3n) is 2.54. The molecule has 3 N–H and O–H groups in total. The summed E-state index contributed by atoms with van der Waals surface area (Å²) in [6.07, 6.45) is 0. The second-order valence-corrected chi connectivity index (χ2v) is 7.66. The van der Waals surface area contributed by atoms with Crippen molar-refractivity contribution in [3.05, 3.63) is 17.0 Å². The van der Waals surface area contributed by atoms with Crippen LogP contribution in [0.5, 0.6) is 0 Å². The van der Waals surface area contributed by atoms with Crippen molar-refractivity contribution in [3.8, 4) is 0 Å². The Bertz CT molecular complexity index is 522. The van der Waals surface area contributed by atoms with Gasteiger partial charge in [-0.2, -0.15) is 0 Å². The van der Waals surface area contributed by atoms with Crippen LogP contribution in [0.4, 0.5) is 0 Å². The average molecular weight is 307 g/mol. The van der Waals surface area contributed by atoms with E-state index in [0.717, 1.165) is 11.3 Å². The highest BCUT2D eigenvalue weighted by molar-refractivity contribution is 7.91. The van der Waals surface area contributed by atoms with Crippen LogP contribution in [0, 0.1) is 0 Å². The Hall–Kier alpha value is -0.540. The van der Waals surface area contributed by atoms with Crippen LogP contribution in [-0.2, 0) is 10.0 Å². The number of nitrogens with zero attached hydrogens (tertiary/aromatic N) is 1. The number of hydrogen-bond acceptors (Lipinski definition) is 5. The van der Waals surface area contributed by atoms with Gasteiger partial charge in [0.25, 0.3) is 0 Å². The van der Waals surface area contributed by atoms with Crippen molar-refractivity contribution < 1.29 is 8.42 Å². The summed E-state index contributed by atoms with van der Waals surface area (Å²) in [5.74, 6) is 0. The van der Waals surface area contributed by atoms with E-state index in [-0.39, 0.29) is 15.2 Å². The first kappa shape index (κ1) is 15.5. The average Bonchev–Trinajstić information content (AvgIpc) is 2.75. The second-order valence-electron chi connectivity index (χ2n) is 4.15. The molecule has 0 saturated heterocycles. The number of likely N-dealkylation sites (N-methyl/N-ethyl adjacent to an activating group) is 1. The van der Waals surface area contributed by atoms with Gasteiger partial charge in [-0.25, -0.2) is 13.1 Å². The summed E-state index contributed by atoms with van der Waals surface area (Å²) in [7, 11) is 0.321. The standard InChI is InChI=1S/C10H17N3O2S3/c1-7(13(2)3)6-12-18(14,15)9-5-4-8(17-9)10(11)16/h4-5,7,12H,6H2,1-3H3,(H2,11,16).